The zero-order valence-corrected chi connectivity index (χ0v) is 11.3. The molecule has 0 amide bonds. The molecule has 18 heavy (non-hydrogen) atoms. The van der Waals surface area contributed by atoms with Crippen LogP contribution in [0.25, 0.3) is 0 Å². The molecule has 4 heteroatoms. The van der Waals surface area contributed by atoms with E-state index >= 15 is 0 Å². The number of esters is 1. The summed E-state index contributed by atoms with van der Waals surface area (Å²) in [7, 11) is 1.45. The fraction of sp³-hybridized carbons (Fsp3) is 0.643. The molecule has 2 unspecified atom stereocenters. The Morgan fingerprint density at radius 3 is 2.94 bits per heavy atom. The van der Waals surface area contributed by atoms with Gasteiger partial charge >= 0.3 is 5.97 Å². The molecule has 2 atom stereocenters. The molecule has 0 aromatic rings. The SMILES string of the molecule is COC(=O)C1C=CC=C2C1C(C)(C)CN2CCN. The number of rotatable bonds is 3. The summed E-state index contributed by atoms with van der Waals surface area (Å²) in [6.45, 7) is 6.82. The standard InChI is InChI=1S/C14H22N2O2/c1-14(2)9-16(8-7-15)11-6-4-5-10(12(11)14)13(17)18-3/h4-6,10,12H,7-9,15H2,1-3H3. The molecule has 0 aromatic carbocycles. The number of carbonyl (C=O) groups excluding carboxylic acids is 1. The molecular formula is C14H22N2O2. The predicted molar refractivity (Wildman–Crippen MR) is 70.6 cm³/mol. The second-order valence-electron chi connectivity index (χ2n) is 5.70. The van der Waals surface area contributed by atoms with E-state index in [-0.39, 0.29) is 23.2 Å². The van der Waals surface area contributed by atoms with Crippen LogP contribution < -0.4 is 5.73 Å². The number of carbonyl (C=O) groups is 1. The minimum atomic E-state index is -0.173. The van der Waals surface area contributed by atoms with Crippen LogP contribution in [0.1, 0.15) is 13.8 Å². The first-order valence-corrected chi connectivity index (χ1v) is 6.42. The smallest absolute Gasteiger partial charge is 0.313 e. The quantitative estimate of drug-likeness (QED) is 0.763. The maximum Gasteiger partial charge on any atom is 0.313 e. The Kier molecular flexibility index (Phi) is 3.48. The molecule has 1 aliphatic carbocycles. The van der Waals surface area contributed by atoms with Gasteiger partial charge in [-0.05, 0) is 11.5 Å². The van der Waals surface area contributed by atoms with Crippen molar-refractivity contribution >= 4 is 5.97 Å². The van der Waals surface area contributed by atoms with E-state index in [2.05, 4.69) is 24.8 Å². The monoisotopic (exact) mass is 250 g/mol. The van der Waals surface area contributed by atoms with Gasteiger partial charge in [0.25, 0.3) is 0 Å². The minimum absolute atomic E-state index is 0.0601. The summed E-state index contributed by atoms with van der Waals surface area (Å²) in [5.41, 5.74) is 6.95. The van der Waals surface area contributed by atoms with Gasteiger partial charge in [-0.15, -0.1) is 0 Å². The maximum atomic E-state index is 11.9. The van der Waals surface area contributed by atoms with Crippen molar-refractivity contribution in [3.8, 4) is 0 Å². The number of ether oxygens (including phenoxy) is 1. The van der Waals surface area contributed by atoms with Crippen LogP contribution in [0.4, 0.5) is 0 Å². The Morgan fingerprint density at radius 1 is 1.61 bits per heavy atom. The summed E-state index contributed by atoms with van der Waals surface area (Å²) >= 11 is 0. The highest BCUT2D eigenvalue weighted by atomic mass is 16.5. The van der Waals surface area contributed by atoms with Crippen LogP contribution in [0.2, 0.25) is 0 Å². The lowest BCUT2D eigenvalue weighted by molar-refractivity contribution is -0.146. The summed E-state index contributed by atoms with van der Waals surface area (Å²) < 4.78 is 4.93. The highest BCUT2D eigenvalue weighted by molar-refractivity contribution is 5.76. The van der Waals surface area contributed by atoms with E-state index < -0.39 is 0 Å². The van der Waals surface area contributed by atoms with Crippen LogP contribution in [0.5, 0.6) is 0 Å². The van der Waals surface area contributed by atoms with Gasteiger partial charge in [0.1, 0.15) is 0 Å². The van der Waals surface area contributed by atoms with Crippen molar-refractivity contribution in [2.75, 3.05) is 26.7 Å². The zero-order chi connectivity index (χ0) is 13.3. The summed E-state index contributed by atoms with van der Waals surface area (Å²) in [6, 6.07) is 0. The van der Waals surface area contributed by atoms with Crippen LogP contribution >= 0.6 is 0 Å². The van der Waals surface area contributed by atoms with E-state index in [1.807, 2.05) is 12.2 Å². The molecule has 2 aliphatic rings. The van der Waals surface area contributed by atoms with Gasteiger partial charge in [0.15, 0.2) is 0 Å². The third-order valence-electron chi connectivity index (χ3n) is 3.94. The fourth-order valence-corrected chi connectivity index (χ4v) is 3.26. The third kappa shape index (κ3) is 2.05. The maximum absolute atomic E-state index is 11.9. The van der Waals surface area contributed by atoms with Gasteiger partial charge in [0.05, 0.1) is 13.0 Å². The van der Waals surface area contributed by atoms with E-state index in [9.17, 15) is 4.79 Å². The minimum Gasteiger partial charge on any atom is -0.469 e. The highest BCUT2D eigenvalue weighted by Crippen LogP contribution is 2.48. The highest BCUT2D eigenvalue weighted by Gasteiger charge is 2.49. The molecule has 0 radical (unpaired) electrons. The second kappa shape index (κ2) is 4.76. The van der Waals surface area contributed by atoms with Crippen molar-refractivity contribution in [1.29, 1.82) is 0 Å². The van der Waals surface area contributed by atoms with Crippen molar-refractivity contribution in [2.24, 2.45) is 23.0 Å². The third-order valence-corrected chi connectivity index (χ3v) is 3.94. The van der Waals surface area contributed by atoms with Gasteiger partial charge in [-0.25, -0.2) is 0 Å². The second-order valence-corrected chi connectivity index (χ2v) is 5.70. The molecule has 2 N–H and O–H groups in total. The van der Waals surface area contributed by atoms with Gasteiger partial charge in [0, 0.05) is 31.2 Å². The normalized spacial score (nSPS) is 28.9. The number of hydrogen-bond acceptors (Lipinski definition) is 4. The zero-order valence-electron chi connectivity index (χ0n) is 11.3. The van der Waals surface area contributed by atoms with Crippen molar-refractivity contribution < 1.29 is 9.53 Å². The summed E-state index contributed by atoms with van der Waals surface area (Å²) in [6.07, 6.45) is 6.01. The number of nitrogens with zero attached hydrogens (tertiary/aromatic N) is 1. The molecule has 4 nitrogen and oxygen atoms in total. The van der Waals surface area contributed by atoms with E-state index in [1.165, 1.54) is 12.8 Å². The lowest BCUT2D eigenvalue weighted by Crippen LogP contribution is -2.33. The Balaban J connectivity index is 2.32. The Morgan fingerprint density at radius 2 is 2.33 bits per heavy atom. The van der Waals surface area contributed by atoms with E-state index in [1.54, 1.807) is 0 Å². The molecule has 0 aromatic heterocycles. The molecule has 2 rings (SSSR count). The molecule has 0 saturated carbocycles. The molecular weight excluding hydrogens is 228 g/mol. The van der Waals surface area contributed by atoms with Crippen LogP contribution in [0, 0.1) is 17.3 Å². The van der Waals surface area contributed by atoms with Crippen molar-refractivity contribution in [3.05, 3.63) is 23.9 Å². The van der Waals surface area contributed by atoms with Gasteiger partial charge in [-0.3, -0.25) is 4.79 Å². The van der Waals surface area contributed by atoms with Crippen molar-refractivity contribution in [1.82, 2.24) is 4.90 Å². The number of methoxy groups -OCH3 is 1. The Bertz CT molecular complexity index is 399. The number of allylic oxidation sites excluding steroid dienone is 3. The predicted octanol–water partition coefficient (Wildman–Crippen LogP) is 1.15. The number of hydrogen-bond donors (Lipinski definition) is 1. The first-order valence-electron chi connectivity index (χ1n) is 6.42. The summed E-state index contributed by atoms with van der Waals surface area (Å²) in [5.74, 6) is -0.126. The average molecular weight is 250 g/mol. The number of fused-ring (bicyclic) bond motifs is 1. The van der Waals surface area contributed by atoms with Gasteiger partial charge in [-0.1, -0.05) is 26.0 Å². The summed E-state index contributed by atoms with van der Waals surface area (Å²) in [5, 5.41) is 0. The number of nitrogens with two attached hydrogens (primary N) is 1. The lowest BCUT2D eigenvalue weighted by atomic mass is 9.71. The van der Waals surface area contributed by atoms with Crippen molar-refractivity contribution in [3.63, 3.8) is 0 Å². The molecule has 0 bridgehead atoms. The Hall–Kier alpha value is -1.29. The van der Waals surface area contributed by atoms with E-state index in [0.717, 1.165) is 13.1 Å². The van der Waals surface area contributed by atoms with Crippen LogP contribution in [-0.2, 0) is 9.53 Å². The van der Waals surface area contributed by atoms with Crippen molar-refractivity contribution in [2.45, 2.75) is 13.8 Å². The van der Waals surface area contributed by atoms with Gasteiger partial charge in [-0.2, -0.15) is 0 Å². The van der Waals surface area contributed by atoms with Crippen LogP contribution in [0.15, 0.2) is 23.9 Å². The lowest BCUT2D eigenvalue weighted by Gasteiger charge is -2.31. The van der Waals surface area contributed by atoms with Crippen LogP contribution in [-0.4, -0.2) is 37.6 Å². The first kappa shape index (κ1) is 13.1. The molecule has 1 aliphatic heterocycles. The van der Waals surface area contributed by atoms with Gasteiger partial charge < -0.3 is 15.4 Å². The molecule has 0 spiro atoms. The fourth-order valence-electron chi connectivity index (χ4n) is 3.26. The molecule has 100 valence electrons. The molecule has 1 saturated heterocycles. The topological polar surface area (TPSA) is 55.6 Å². The van der Waals surface area contributed by atoms with Crippen LogP contribution in [0.3, 0.4) is 0 Å². The largest absolute Gasteiger partial charge is 0.469 e. The molecule has 1 heterocycles. The van der Waals surface area contributed by atoms with E-state index in [4.69, 9.17) is 10.5 Å². The first-order chi connectivity index (χ1) is 8.51. The Labute approximate surface area is 108 Å². The van der Waals surface area contributed by atoms with E-state index in [0.29, 0.717) is 6.54 Å². The molecule has 1 fully saturated rings. The summed E-state index contributed by atoms with van der Waals surface area (Å²) in [4.78, 5) is 14.2. The van der Waals surface area contributed by atoms with Gasteiger partial charge in [0.2, 0.25) is 0 Å². The number of likely N-dealkylation sites (tertiary alicyclic amines) is 1. The average Bonchev–Trinajstić information content (AvgIpc) is 2.61.